The lowest BCUT2D eigenvalue weighted by Crippen LogP contribution is -2.37. The van der Waals surface area contributed by atoms with Crippen molar-refractivity contribution in [2.24, 2.45) is 0 Å². The Balaban J connectivity index is 2.19. The molecule has 0 heterocycles. The molecule has 2 aromatic rings. The van der Waals surface area contributed by atoms with E-state index in [0.717, 1.165) is 54.1 Å². The summed E-state index contributed by atoms with van der Waals surface area (Å²) in [7, 11) is 0. The van der Waals surface area contributed by atoms with Crippen molar-refractivity contribution in [2.75, 3.05) is 34.8 Å². The Morgan fingerprint density at radius 1 is 0.828 bits per heavy atom. The quantitative estimate of drug-likeness (QED) is 0.672. The van der Waals surface area contributed by atoms with Crippen LogP contribution in [0.25, 0.3) is 0 Å². The first-order valence-electron chi connectivity index (χ1n) is 10.5. The van der Waals surface area contributed by atoms with E-state index in [9.17, 15) is 9.59 Å². The van der Waals surface area contributed by atoms with Gasteiger partial charge in [-0.25, -0.2) is 0 Å². The van der Waals surface area contributed by atoms with Crippen LogP contribution in [0.4, 0.5) is 17.1 Å². The van der Waals surface area contributed by atoms with Gasteiger partial charge in [0.1, 0.15) is 6.54 Å². The highest BCUT2D eigenvalue weighted by Crippen LogP contribution is 2.24. The number of nitrogens with zero attached hydrogens (tertiary/aromatic N) is 2. The molecule has 2 rings (SSSR count). The number of carbonyl (C=O) groups excluding carboxylic acids is 2. The van der Waals surface area contributed by atoms with E-state index in [4.69, 9.17) is 0 Å². The van der Waals surface area contributed by atoms with Crippen molar-refractivity contribution < 1.29 is 9.59 Å². The van der Waals surface area contributed by atoms with E-state index in [1.807, 2.05) is 42.5 Å². The Kier molecular flexibility index (Phi) is 8.25. The van der Waals surface area contributed by atoms with E-state index in [2.05, 4.69) is 37.9 Å². The number of nitrogens with one attached hydrogen (secondary N) is 1. The van der Waals surface area contributed by atoms with Crippen LogP contribution >= 0.6 is 0 Å². The Morgan fingerprint density at radius 3 is 1.79 bits per heavy atom. The van der Waals surface area contributed by atoms with Crippen LogP contribution in [0.3, 0.4) is 0 Å². The standard InChI is InChI=1S/C24H33N3O2/c1-6-19-11-10-12-20(7-2)24(19)25-23(29)17-27(18(5)28)22-15-13-21(14-16-22)26(8-3)9-4/h10-16H,6-9,17H2,1-5H3,(H,25,29). The van der Waals surface area contributed by atoms with Crippen LogP contribution in [-0.2, 0) is 22.4 Å². The molecule has 0 aromatic heterocycles. The van der Waals surface area contributed by atoms with Crippen molar-refractivity contribution in [1.29, 1.82) is 0 Å². The number of para-hydroxylation sites is 1. The van der Waals surface area contributed by atoms with Gasteiger partial charge in [0, 0.05) is 37.1 Å². The fourth-order valence-corrected chi connectivity index (χ4v) is 3.54. The topological polar surface area (TPSA) is 52.7 Å². The molecule has 0 saturated heterocycles. The third-order valence-corrected chi connectivity index (χ3v) is 5.24. The first-order valence-corrected chi connectivity index (χ1v) is 10.5. The van der Waals surface area contributed by atoms with Gasteiger partial charge in [-0.2, -0.15) is 0 Å². The van der Waals surface area contributed by atoms with Gasteiger partial charge in [-0.1, -0.05) is 32.0 Å². The largest absolute Gasteiger partial charge is 0.372 e. The Morgan fingerprint density at radius 2 is 1.34 bits per heavy atom. The molecule has 5 nitrogen and oxygen atoms in total. The fourth-order valence-electron chi connectivity index (χ4n) is 3.54. The molecule has 156 valence electrons. The number of carbonyl (C=O) groups is 2. The summed E-state index contributed by atoms with van der Waals surface area (Å²) in [5, 5.41) is 3.04. The number of hydrogen-bond donors (Lipinski definition) is 1. The van der Waals surface area contributed by atoms with Crippen molar-refractivity contribution in [1.82, 2.24) is 0 Å². The van der Waals surface area contributed by atoms with Crippen LogP contribution in [0.15, 0.2) is 42.5 Å². The molecule has 1 N–H and O–H groups in total. The molecule has 2 amide bonds. The maximum absolute atomic E-state index is 12.8. The summed E-state index contributed by atoms with van der Waals surface area (Å²) < 4.78 is 0. The molecule has 0 fully saturated rings. The van der Waals surface area contributed by atoms with Crippen LogP contribution in [0.5, 0.6) is 0 Å². The first kappa shape index (κ1) is 22.5. The van der Waals surface area contributed by atoms with Crippen molar-refractivity contribution in [3.8, 4) is 0 Å². The number of rotatable bonds is 9. The minimum atomic E-state index is -0.191. The van der Waals surface area contributed by atoms with Crippen LogP contribution < -0.4 is 15.1 Å². The highest BCUT2D eigenvalue weighted by atomic mass is 16.2. The van der Waals surface area contributed by atoms with Gasteiger partial charge in [0.05, 0.1) is 0 Å². The van der Waals surface area contributed by atoms with Crippen molar-refractivity contribution in [3.63, 3.8) is 0 Å². The van der Waals surface area contributed by atoms with E-state index in [-0.39, 0.29) is 18.4 Å². The first-order chi connectivity index (χ1) is 13.9. The predicted molar refractivity (Wildman–Crippen MR) is 122 cm³/mol. The Hall–Kier alpha value is -2.82. The van der Waals surface area contributed by atoms with Gasteiger partial charge in [-0.15, -0.1) is 0 Å². The summed E-state index contributed by atoms with van der Waals surface area (Å²) in [4.78, 5) is 28.8. The van der Waals surface area contributed by atoms with Crippen LogP contribution in [-0.4, -0.2) is 31.4 Å². The molecular formula is C24H33N3O2. The molecule has 5 heteroatoms. The van der Waals surface area contributed by atoms with Crippen LogP contribution in [0.1, 0.15) is 45.7 Å². The average Bonchev–Trinajstić information content (AvgIpc) is 2.73. The van der Waals surface area contributed by atoms with Crippen molar-refractivity contribution in [3.05, 3.63) is 53.6 Å². The molecule has 0 bridgehead atoms. The van der Waals surface area contributed by atoms with Gasteiger partial charge < -0.3 is 15.1 Å². The molecule has 29 heavy (non-hydrogen) atoms. The second-order valence-electron chi connectivity index (χ2n) is 7.00. The lowest BCUT2D eigenvalue weighted by Gasteiger charge is -2.24. The molecule has 0 aliphatic carbocycles. The number of benzene rings is 2. The molecule has 0 saturated carbocycles. The molecule has 0 unspecified atom stereocenters. The number of amides is 2. The van der Waals surface area contributed by atoms with E-state index in [1.165, 1.54) is 11.8 Å². The van der Waals surface area contributed by atoms with Crippen molar-refractivity contribution in [2.45, 2.75) is 47.5 Å². The zero-order valence-electron chi connectivity index (χ0n) is 18.3. The third kappa shape index (κ3) is 5.59. The van der Waals surface area contributed by atoms with E-state index in [1.54, 1.807) is 0 Å². The highest BCUT2D eigenvalue weighted by Gasteiger charge is 2.18. The van der Waals surface area contributed by atoms with Gasteiger partial charge in [0.25, 0.3) is 0 Å². The molecule has 0 aliphatic heterocycles. The lowest BCUT2D eigenvalue weighted by molar-refractivity contribution is -0.120. The van der Waals surface area contributed by atoms with Gasteiger partial charge >= 0.3 is 0 Å². The lowest BCUT2D eigenvalue weighted by atomic mass is 10.0. The zero-order chi connectivity index (χ0) is 21.4. The van der Waals surface area contributed by atoms with Gasteiger partial charge in [0.2, 0.25) is 11.8 Å². The summed E-state index contributed by atoms with van der Waals surface area (Å²) >= 11 is 0. The summed E-state index contributed by atoms with van der Waals surface area (Å²) in [6.07, 6.45) is 1.68. The second kappa shape index (κ2) is 10.6. The fraction of sp³-hybridized carbons (Fsp3) is 0.417. The number of aryl methyl sites for hydroxylation is 2. The minimum absolute atomic E-state index is 0.0127. The zero-order valence-corrected chi connectivity index (χ0v) is 18.3. The van der Waals surface area contributed by atoms with E-state index < -0.39 is 0 Å². The SMILES string of the molecule is CCc1cccc(CC)c1NC(=O)CN(C(C)=O)c1ccc(N(CC)CC)cc1. The minimum Gasteiger partial charge on any atom is -0.372 e. The average molecular weight is 396 g/mol. The molecule has 0 atom stereocenters. The summed E-state index contributed by atoms with van der Waals surface area (Å²) in [5.74, 6) is -0.348. The number of hydrogen-bond acceptors (Lipinski definition) is 3. The third-order valence-electron chi connectivity index (χ3n) is 5.24. The van der Waals surface area contributed by atoms with E-state index in [0.29, 0.717) is 0 Å². The van der Waals surface area contributed by atoms with Gasteiger partial charge in [-0.05, 0) is 62.1 Å². The Bertz CT molecular complexity index is 804. The van der Waals surface area contributed by atoms with Gasteiger partial charge in [-0.3, -0.25) is 9.59 Å². The van der Waals surface area contributed by atoms with Crippen molar-refractivity contribution >= 4 is 28.9 Å². The number of anilines is 3. The molecule has 0 radical (unpaired) electrons. The molecular weight excluding hydrogens is 362 g/mol. The Labute approximate surface area is 174 Å². The smallest absolute Gasteiger partial charge is 0.244 e. The highest BCUT2D eigenvalue weighted by molar-refractivity contribution is 6.02. The molecule has 0 aliphatic rings. The summed E-state index contributed by atoms with van der Waals surface area (Å²) in [6.45, 7) is 11.7. The molecule has 0 spiro atoms. The maximum Gasteiger partial charge on any atom is 0.244 e. The second-order valence-corrected chi connectivity index (χ2v) is 7.00. The van der Waals surface area contributed by atoms with Crippen LogP contribution in [0, 0.1) is 0 Å². The van der Waals surface area contributed by atoms with Gasteiger partial charge in [0.15, 0.2) is 0 Å². The normalized spacial score (nSPS) is 10.5. The monoisotopic (exact) mass is 395 g/mol. The molecule has 2 aromatic carbocycles. The predicted octanol–water partition coefficient (Wildman–Crippen LogP) is 4.65. The van der Waals surface area contributed by atoms with Crippen LogP contribution in [0.2, 0.25) is 0 Å². The summed E-state index contributed by atoms with van der Waals surface area (Å²) in [6, 6.07) is 13.9. The van der Waals surface area contributed by atoms with E-state index >= 15 is 0 Å². The summed E-state index contributed by atoms with van der Waals surface area (Å²) in [5.41, 5.74) is 4.92. The maximum atomic E-state index is 12.8.